The van der Waals surface area contributed by atoms with Crippen LogP contribution in [-0.2, 0) is 0 Å². The molecule has 1 aliphatic heterocycles. The normalized spacial score (nSPS) is 31.2. The molecule has 0 aromatic rings. The van der Waals surface area contributed by atoms with E-state index in [9.17, 15) is 0 Å². The van der Waals surface area contributed by atoms with Crippen molar-refractivity contribution in [2.75, 3.05) is 26.2 Å². The molecule has 0 aromatic heterocycles. The van der Waals surface area contributed by atoms with Crippen LogP contribution in [0.1, 0.15) is 33.1 Å². The Labute approximate surface area is 76.1 Å². The molecule has 72 valence electrons. The fourth-order valence-electron chi connectivity index (χ4n) is 1.87. The number of likely N-dealkylation sites (tertiary alicyclic amines) is 1. The maximum absolute atomic E-state index is 5.73. The molecule has 1 atom stereocenters. The highest BCUT2D eigenvalue weighted by molar-refractivity contribution is 4.86. The second-order valence-corrected chi connectivity index (χ2v) is 4.39. The molecular formula is C10H22N2. The van der Waals surface area contributed by atoms with Crippen molar-refractivity contribution >= 4 is 0 Å². The van der Waals surface area contributed by atoms with Crippen molar-refractivity contribution in [3.63, 3.8) is 0 Å². The summed E-state index contributed by atoms with van der Waals surface area (Å²) in [5.74, 6) is 0. The predicted molar refractivity (Wildman–Crippen MR) is 53.1 cm³/mol. The van der Waals surface area contributed by atoms with Crippen LogP contribution in [-0.4, -0.2) is 31.1 Å². The predicted octanol–water partition coefficient (Wildman–Crippen LogP) is 1.46. The van der Waals surface area contributed by atoms with Gasteiger partial charge in [-0.05, 0) is 37.9 Å². The summed E-state index contributed by atoms with van der Waals surface area (Å²) in [7, 11) is 0. The van der Waals surface area contributed by atoms with Crippen LogP contribution < -0.4 is 5.73 Å². The third kappa shape index (κ3) is 2.46. The van der Waals surface area contributed by atoms with Gasteiger partial charge in [-0.3, -0.25) is 0 Å². The maximum Gasteiger partial charge on any atom is 0.00479 e. The summed E-state index contributed by atoms with van der Waals surface area (Å²) in [6.45, 7) is 9.13. The van der Waals surface area contributed by atoms with Crippen molar-refractivity contribution < 1.29 is 0 Å². The van der Waals surface area contributed by atoms with Crippen LogP contribution >= 0.6 is 0 Å². The van der Waals surface area contributed by atoms with E-state index in [1.165, 1.54) is 38.9 Å². The van der Waals surface area contributed by atoms with E-state index in [4.69, 9.17) is 5.73 Å². The highest BCUT2D eigenvalue weighted by atomic mass is 15.2. The van der Waals surface area contributed by atoms with Gasteiger partial charge in [-0.2, -0.15) is 0 Å². The molecule has 2 heteroatoms. The van der Waals surface area contributed by atoms with Gasteiger partial charge >= 0.3 is 0 Å². The Morgan fingerprint density at radius 1 is 1.50 bits per heavy atom. The summed E-state index contributed by atoms with van der Waals surface area (Å²) in [4.78, 5) is 2.55. The third-order valence-electron chi connectivity index (χ3n) is 2.96. The van der Waals surface area contributed by atoms with Crippen molar-refractivity contribution in [1.82, 2.24) is 4.90 Å². The van der Waals surface area contributed by atoms with E-state index in [2.05, 4.69) is 18.7 Å². The molecule has 1 unspecified atom stereocenters. The van der Waals surface area contributed by atoms with Gasteiger partial charge in [0.1, 0.15) is 0 Å². The van der Waals surface area contributed by atoms with Gasteiger partial charge in [-0.15, -0.1) is 0 Å². The smallest absolute Gasteiger partial charge is 0.00479 e. The van der Waals surface area contributed by atoms with Gasteiger partial charge < -0.3 is 10.6 Å². The van der Waals surface area contributed by atoms with Crippen LogP contribution in [0.2, 0.25) is 0 Å². The molecule has 1 heterocycles. The monoisotopic (exact) mass is 170 g/mol. The molecule has 2 N–H and O–H groups in total. The lowest BCUT2D eigenvalue weighted by Gasteiger charge is -2.22. The molecule has 0 radical (unpaired) electrons. The van der Waals surface area contributed by atoms with Crippen molar-refractivity contribution in [2.24, 2.45) is 11.1 Å². The number of nitrogens with zero attached hydrogens (tertiary/aromatic N) is 1. The molecule has 1 fully saturated rings. The van der Waals surface area contributed by atoms with Crippen LogP contribution in [0.4, 0.5) is 0 Å². The van der Waals surface area contributed by atoms with E-state index in [0.717, 1.165) is 6.54 Å². The van der Waals surface area contributed by atoms with Gasteiger partial charge in [0.15, 0.2) is 0 Å². The summed E-state index contributed by atoms with van der Waals surface area (Å²) >= 11 is 0. The van der Waals surface area contributed by atoms with Crippen molar-refractivity contribution in [3.8, 4) is 0 Å². The van der Waals surface area contributed by atoms with E-state index >= 15 is 0 Å². The number of rotatable bonds is 4. The topological polar surface area (TPSA) is 29.3 Å². The maximum atomic E-state index is 5.73. The Morgan fingerprint density at radius 2 is 2.25 bits per heavy atom. The highest BCUT2D eigenvalue weighted by Crippen LogP contribution is 2.28. The standard InChI is InChI=1S/C10H22N2/c1-3-4-6-12-7-5-10(2,8-11)9-12/h3-9,11H2,1-2H3. The average Bonchev–Trinajstić information content (AvgIpc) is 2.45. The molecule has 0 bridgehead atoms. The van der Waals surface area contributed by atoms with Crippen LogP contribution in [0.5, 0.6) is 0 Å². The van der Waals surface area contributed by atoms with Crippen molar-refractivity contribution in [1.29, 1.82) is 0 Å². The molecule has 1 aliphatic rings. The van der Waals surface area contributed by atoms with E-state index < -0.39 is 0 Å². The van der Waals surface area contributed by atoms with Gasteiger partial charge in [0.2, 0.25) is 0 Å². The van der Waals surface area contributed by atoms with E-state index in [-0.39, 0.29) is 0 Å². The van der Waals surface area contributed by atoms with Crippen molar-refractivity contribution in [3.05, 3.63) is 0 Å². The number of unbranched alkanes of at least 4 members (excludes halogenated alkanes) is 1. The molecule has 0 spiro atoms. The van der Waals surface area contributed by atoms with Gasteiger partial charge in [-0.1, -0.05) is 20.3 Å². The van der Waals surface area contributed by atoms with Crippen molar-refractivity contribution in [2.45, 2.75) is 33.1 Å². The van der Waals surface area contributed by atoms with Gasteiger partial charge in [0.25, 0.3) is 0 Å². The first-order chi connectivity index (χ1) is 5.70. The molecule has 0 amide bonds. The first kappa shape index (κ1) is 10.0. The average molecular weight is 170 g/mol. The molecule has 1 saturated heterocycles. The van der Waals surface area contributed by atoms with Gasteiger partial charge in [0.05, 0.1) is 0 Å². The van der Waals surface area contributed by atoms with E-state index in [0.29, 0.717) is 5.41 Å². The van der Waals surface area contributed by atoms with Gasteiger partial charge in [-0.25, -0.2) is 0 Å². The zero-order valence-corrected chi connectivity index (χ0v) is 8.47. The second-order valence-electron chi connectivity index (χ2n) is 4.39. The number of hydrogen-bond acceptors (Lipinski definition) is 2. The van der Waals surface area contributed by atoms with E-state index in [1.54, 1.807) is 0 Å². The SMILES string of the molecule is CCCCN1CCC(C)(CN)C1. The van der Waals surface area contributed by atoms with E-state index in [1.807, 2.05) is 0 Å². The van der Waals surface area contributed by atoms with Crippen LogP contribution in [0.3, 0.4) is 0 Å². The Bertz CT molecular complexity index is 134. The molecule has 0 saturated carbocycles. The number of hydrogen-bond donors (Lipinski definition) is 1. The Hall–Kier alpha value is -0.0800. The fraction of sp³-hybridized carbons (Fsp3) is 1.00. The minimum atomic E-state index is 0.410. The summed E-state index contributed by atoms with van der Waals surface area (Å²) in [5.41, 5.74) is 6.14. The summed E-state index contributed by atoms with van der Waals surface area (Å²) in [6.07, 6.45) is 3.92. The highest BCUT2D eigenvalue weighted by Gasteiger charge is 2.31. The molecule has 0 aliphatic carbocycles. The largest absolute Gasteiger partial charge is 0.330 e. The van der Waals surface area contributed by atoms with Crippen LogP contribution in [0.25, 0.3) is 0 Å². The van der Waals surface area contributed by atoms with Crippen LogP contribution in [0, 0.1) is 5.41 Å². The summed E-state index contributed by atoms with van der Waals surface area (Å²) in [6, 6.07) is 0. The first-order valence-electron chi connectivity index (χ1n) is 5.12. The molecule has 1 rings (SSSR count). The Balaban J connectivity index is 2.25. The molecule has 2 nitrogen and oxygen atoms in total. The lowest BCUT2D eigenvalue weighted by molar-refractivity contribution is 0.277. The lowest BCUT2D eigenvalue weighted by atomic mass is 9.90. The Morgan fingerprint density at radius 3 is 2.75 bits per heavy atom. The zero-order chi connectivity index (χ0) is 9.03. The minimum absolute atomic E-state index is 0.410. The third-order valence-corrected chi connectivity index (χ3v) is 2.96. The number of nitrogens with two attached hydrogens (primary N) is 1. The molecule has 12 heavy (non-hydrogen) atoms. The fourth-order valence-corrected chi connectivity index (χ4v) is 1.87. The Kier molecular flexibility index (Phi) is 3.53. The lowest BCUT2D eigenvalue weighted by Crippen LogP contribution is -2.31. The minimum Gasteiger partial charge on any atom is -0.330 e. The summed E-state index contributed by atoms with van der Waals surface area (Å²) < 4.78 is 0. The molecular weight excluding hydrogens is 148 g/mol. The molecule has 0 aromatic carbocycles. The summed E-state index contributed by atoms with van der Waals surface area (Å²) in [5, 5.41) is 0. The second kappa shape index (κ2) is 4.24. The first-order valence-corrected chi connectivity index (χ1v) is 5.12. The van der Waals surface area contributed by atoms with Crippen LogP contribution in [0.15, 0.2) is 0 Å². The quantitative estimate of drug-likeness (QED) is 0.692. The zero-order valence-electron chi connectivity index (χ0n) is 8.47. The van der Waals surface area contributed by atoms with Gasteiger partial charge in [0, 0.05) is 6.54 Å².